The lowest BCUT2D eigenvalue weighted by Crippen LogP contribution is -2.34. The molecule has 0 amide bonds. The van der Waals surface area contributed by atoms with Gasteiger partial charge in [-0.1, -0.05) is 40.2 Å². The van der Waals surface area contributed by atoms with E-state index in [9.17, 15) is 4.79 Å². The van der Waals surface area contributed by atoms with E-state index in [2.05, 4.69) is 22.0 Å². The van der Waals surface area contributed by atoms with Crippen LogP contribution in [0.25, 0.3) is 0 Å². The van der Waals surface area contributed by atoms with Crippen molar-refractivity contribution in [3.05, 3.63) is 57.8 Å². The number of esters is 1. The first-order valence-corrected chi connectivity index (χ1v) is 7.52. The van der Waals surface area contributed by atoms with Crippen molar-refractivity contribution in [2.24, 2.45) is 0 Å². The van der Waals surface area contributed by atoms with Crippen LogP contribution in [-0.4, -0.2) is 25.5 Å². The fraction of sp³-hybridized carbons (Fsp3) is 0.312. The minimum Gasteiger partial charge on any atom is -0.464 e. The fourth-order valence-corrected chi connectivity index (χ4v) is 3.07. The zero-order valence-electron chi connectivity index (χ0n) is 11.5. The molecular weight excluding hydrogens is 336 g/mol. The Hall–Kier alpha value is -1.59. The van der Waals surface area contributed by atoms with Crippen LogP contribution in [0.1, 0.15) is 12.8 Å². The van der Waals surface area contributed by atoms with Gasteiger partial charge in [-0.3, -0.25) is 0 Å². The number of allylic oxidation sites excluding steroid dienone is 6. The Morgan fingerprint density at radius 3 is 3.10 bits per heavy atom. The van der Waals surface area contributed by atoms with E-state index in [1.807, 2.05) is 24.3 Å². The summed E-state index contributed by atoms with van der Waals surface area (Å²) in [4.78, 5) is 11.8. The van der Waals surface area contributed by atoms with Crippen molar-refractivity contribution in [3.8, 4) is 0 Å². The summed E-state index contributed by atoms with van der Waals surface area (Å²) in [5.74, 6) is -0.552. The van der Waals surface area contributed by atoms with Gasteiger partial charge in [0.05, 0.1) is 13.4 Å². The SMILES string of the molecule is COC(=O)C1OC=C2C=CCC/C2=C2\C=CC=C(Br)C2O1. The van der Waals surface area contributed by atoms with Crippen molar-refractivity contribution in [3.63, 3.8) is 0 Å². The predicted molar refractivity (Wildman–Crippen MR) is 81.4 cm³/mol. The third-order valence-electron chi connectivity index (χ3n) is 3.59. The number of carbonyl (C=O) groups excluding carboxylic acids is 1. The van der Waals surface area contributed by atoms with Gasteiger partial charge in [0.2, 0.25) is 0 Å². The standard InChI is InChI=1S/C16H15BrO4/c1-19-15(18)16-20-9-10-5-2-3-6-11(10)12-7-4-8-13(17)14(12)21-16/h2,4-5,7-9,14,16H,3,6H2,1H3/b10-9?,12-11-. The van der Waals surface area contributed by atoms with E-state index in [-0.39, 0.29) is 6.10 Å². The lowest BCUT2D eigenvalue weighted by atomic mass is 9.87. The van der Waals surface area contributed by atoms with Crippen LogP contribution < -0.4 is 0 Å². The van der Waals surface area contributed by atoms with Gasteiger partial charge in [0.25, 0.3) is 6.29 Å². The van der Waals surface area contributed by atoms with Crippen molar-refractivity contribution in [1.82, 2.24) is 0 Å². The van der Waals surface area contributed by atoms with E-state index in [1.165, 1.54) is 12.7 Å². The molecule has 2 aliphatic carbocycles. The Kier molecular flexibility index (Phi) is 4.12. The molecule has 2 unspecified atom stereocenters. The Balaban J connectivity index is 2.06. The summed E-state index contributed by atoms with van der Waals surface area (Å²) in [7, 11) is 1.31. The van der Waals surface area contributed by atoms with E-state index in [0.29, 0.717) is 0 Å². The highest BCUT2D eigenvalue weighted by atomic mass is 79.9. The molecular formula is C16H15BrO4. The second-order valence-electron chi connectivity index (χ2n) is 4.87. The maximum atomic E-state index is 11.8. The zero-order valence-corrected chi connectivity index (χ0v) is 13.1. The van der Waals surface area contributed by atoms with E-state index in [1.54, 1.807) is 6.26 Å². The Morgan fingerprint density at radius 2 is 2.29 bits per heavy atom. The van der Waals surface area contributed by atoms with E-state index in [4.69, 9.17) is 14.2 Å². The molecule has 0 fully saturated rings. The third-order valence-corrected chi connectivity index (χ3v) is 4.27. The van der Waals surface area contributed by atoms with Gasteiger partial charge in [0.15, 0.2) is 0 Å². The Bertz CT molecular complexity index is 610. The van der Waals surface area contributed by atoms with Crippen molar-refractivity contribution in [2.75, 3.05) is 7.11 Å². The van der Waals surface area contributed by atoms with Crippen LogP contribution in [0.15, 0.2) is 57.8 Å². The number of hydrogen-bond donors (Lipinski definition) is 0. The van der Waals surface area contributed by atoms with Gasteiger partial charge in [-0.05, 0) is 30.1 Å². The largest absolute Gasteiger partial charge is 0.464 e. The van der Waals surface area contributed by atoms with Gasteiger partial charge >= 0.3 is 5.97 Å². The first kappa shape index (κ1) is 14.4. The molecule has 1 heterocycles. The van der Waals surface area contributed by atoms with Gasteiger partial charge in [0.1, 0.15) is 6.10 Å². The lowest BCUT2D eigenvalue weighted by molar-refractivity contribution is -0.185. The maximum absolute atomic E-state index is 11.8. The summed E-state index contributed by atoms with van der Waals surface area (Å²) < 4.78 is 16.9. The van der Waals surface area contributed by atoms with Crippen LogP contribution >= 0.6 is 15.9 Å². The first-order chi connectivity index (χ1) is 10.2. The third kappa shape index (κ3) is 2.76. The number of ether oxygens (including phenoxy) is 3. The number of carbonyl (C=O) groups is 1. The van der Waals surface area contributed by atoms with Gasteiger partial charge in [-0.25, -0.2) is 4.79 Å². The number of fused-ring (bicyclic) bond motifs is 2. The molecule has 0 N–H and O–H groups in total. The second kappa shape index (κ2) is 6.03. The highest BCUT2D eigenvalue weighted by molar-refractivity contribution is 9.11. The van der Waals surface area contributed by atoms with Crippen molar-refractivity contribution >= 4 is 21.9 Å². The van der Waals surface area contributed by atoms with Crippen LogP contribution in [0.5, 0.6) is 0 Å². The number of methoxy groups -OCH3 is 1. The molecule has 3 rings (SSSR count). The summed E-state index contributed by atoms with van der Waals surface area (Å²) in [6.45, 7) is 0. The van der Waals surface area contributed by atoms with Crippen molar-refractivity contribution in [1.29, 1.82) is 0 Å². The van der Waals surface area contributed by atoms with Crippen LogP contribution in [0.3, 0.4) is 0 Å². The molecule has 0 spiro atoms. The van der Waals surface area contributed by atoms with E-state index < -0.39 is 12.3 Å². The average Bonchev–Trinajstić information content (AvgIpc) is 2.50. The predicted octanol–water partition coefficient (Wildman–Crippen LogP) is 3.28. The number of halogens is 1. The fourth-order valence-electron chi connectivity index (χ4n) is 2.57. The lowest BCUT2D eigenvalue weighted by Gasteiger charge is -2.30. The molecule has 110 valence electrons. The molecule has 1 aliphatic heterocycles. The normalized spacial score (nSPS) is 31.0. The Labute approximate surface area is 131 Å². The smallest absolute Gasteiger partial charge is 0.376 e. The van der Waals surface area contributed by atoms with Crippen molar-refractivity contribution in [2.45, 2.75) is 25.2 Å². The molecule has 21 heavy (non-hydrogen) atoms. The summed E-state index contributed by atoms with van der Waals surface area (Å²) in [5.41, 5.74) is 3.22. The second-order valence-corrected chi connectivity index (χ2v) is 5.78. The first-order valence-electron chi connectivity index (χ1n) is 6.73. The maximum Gasteiger partial charge on any atom is 0.376 e. The summed E-state index contributed by atoms with van der Waals surface area (Å²) in [6, 6.07) is 0. The van der Waals surface area contributed by atoms with Gasteiger partial charge < -0.3 is 14.2 Å². The number of rotatable bonds is 1. The molecule has 0 aromatic heterocycles. The highest BCUT2D eigenvalue weighted by Crippen LogP contribution is 2.37. The minimum atomic E-state index is -1.08. The van der Waals surface area contributed by atoms with Gasteiger partial charge in [-0.15, -0.1) is 0 Å². The van der Waals surface area contributed by atoms with Gasteiger partial charge in [-0.2, -0.15) is 0 Å². The minimum absolute atomic E-state index is 0.357. The summed E-state index contributed by atoms with van der Waals surface area (Å²) in [5, 5.41) is 0. The number of hydrogen-bond acceptors (Lipinski definition) is 4. The average molecular weight is 351 g/mol. The zero-order chi connectivity index (χ0) is 14.8. The molecule has 0 aromatic carbocycles. The van der Waals surface area contributed by atoms with Gasteiger partial charge in [0, 0.05) is 10.1 Å². The Morgan fingerprint density at radius 1 is 1.43 bits per heavy atom. The topological polar surface area (TPSA) is 44.8 Å². The highest BCUT2D eigenvalue weighted by Gasteiger charge is 2.33. The molecule has 4 nitrogen and oxygen atoms in total. The van der Waals surface area contributed by atoms with Crippen LogP contribution in [-0.2, 0) is 19.0 Å². The summed E-state index contributed by atoms with van der Waals surface area (Å²) >= 11 is 3.51. The molecule has 0 saturated carbocycles. The molecule has 5 heteroatoms. The van der Waals surface area contributed by atoms with Crippen LogP contribution in [0.2, 0.25) is 0 Å². The van der Waals surface area contributed by atoms with Crippen LogP contribution in [0, 0.1) is 0 Å². The van der Waals surface area contributed by atoms with Crippen molar-refractivity contribution < 1.29 is 19.0 Å². The molecule has 0 bridgehead atoms. The molecule has 2 atom stereocenters. The van der Waals surface area contributed by atoms with Crippen LogP contribution in [0.4, 0.5) is 0 Å². The molecule has 0 radical (unpaired) electrons. The quantitative estimate of drug-likeness (QED) is 0.680. The monoisotopic (exact) mass is 350 g/mol. The van der Waals surface area contributed by atoms with E-state index in [0.717, 1.165) is 28.5 Å². The van der Waals surface area contributed by atoms with E-state index >= 15 is 0 Å². The molecule has 0 saturated heterocycles. The molecule has 3 aliphatic rings. The summed E-state index contributed by atoms with van der Waals surface area (Å²) in [6.07, 6.45) is 12.1. The molecule has 0 aromatic rings.